The Balaban J connectivity index is 2.16. The molecule has 0 saturated carbocycles. The van der Waals surface area contributed by atoms with Gasteiger partial charge in [0.2, 0.25) is 5.91 Å². The van der Waals surface area contributed by atoms with E-state index in [9.17, 15) is 14.4 Å². The zero-order chi connectivity index (χ0) is 20.1. The van der Waals surface area contributed by atoms with E-state index in [1.54, 1.807) is 20.2 Å². The molecule has 0 aromatic carbocycles. The number of rotatable bonds is 8. The number of anilines is 1. The van der Waals surface area contributed by atoms with Gasteiger partial charge in [0, 0.05) is 6.04 Å². The molecule has 8 nitrogen and oxygen atoms in total. The summed E-state index contributed by atoms with van der Waals surface area (Å²) in [4.78, 5) is 36.9. The molecular formula is C17H22N4O4S2. The van der Waals surface area contributed by atoms with Crippen LogP contribution in [0.25, 0.3) is 0 Å². The van der Waals surface area contributed by atoms with Crippen LogP contribution < -0.4 is 5.32 Å². The SMILES string of the molecule is CCOC(=O)c1c(NC(=O)CSc2nncn2C(C)C)sc(C(C)=O)c1C. The van der Waals surface area contributed by atoms with Crippen molar-refractivity contribution in [3.8, 4) is 0 Å². The Morgan fingerprint density at radius 3 is 2.67 bits per heavy atom. The lowest BCUT2D eigenvalue weighted by atomic mass is 10.1. The zero-order valence-electron chi connectivity index (χ0n) is 15.9. The van der Waals surface area contributed by atoms with E-state index in [1.807, 2.05) is 18.4 Å². The predicted molar refractivity (Wildman–Crippen MR) is 105 cm³/mol. The minimum Gasteiger partial charge on any atom is -0.462 e. The number of hydrogen-bond acceptors (Lipinski definition) is 8. The number of thiophene rings is 1. The van der Waals surface area contributed by atoms with Gasteiger partial charge < -0.3 is 14.6 Å². The molecule has 146 valence electrons. The van der Waals surface area contributed by atoms with E-state index in [2.05, 4.69) is 15.5 Å². The highest BCUT2D eigenvalue weighted by Crippen LogP contribution is 2.34. The maximum Gasteiger partial charge on any atom is 0.341 e. The van der Waals surface area contributed by atoms with Crippen molar-refractivity contribution in [3.05, 3.63) is 22.3 Å². The molecule has 2 aromatic heterocycles. The predicted octanol–water partition coefficient (Wildman–Crippen LogP) is 3.34. The van der Waals surface area contributed by atoms with Crippen molar-refractivity contribution in [2.75, 3.05) is 17.7 Å². The number of thioether (sulfide) groups is 1. The van der Waals surface area contributed by atoms with Crippen molar-refractivity contribution in [2.24, 2.45) is 0 Å². The van der Waals surface area contributed by atoms with Gasteiger partial charge in [0.1, 0.15) is 11.3 Å². The number of nitrogens with zero attached hydrogens (tertiary/aromatic N) is 3. The smallest absolute Gasteiger partial charge is 0.341 e. The fourth-order valence-corrected chi connectivity index (χ4v) is 4.32. The Bertz CT molecular complexity index is 857. The molecule has 0 bridgehead atoms. The van der Waals surface area contributed by atoms with Gasteiger partial charge in [0.05, 0.1) is 22.8 Å². The number of amides is 1. The largest absolute Gasteiger partial charge is 0.462 e. The topological polar surface area (TPSA) is 103 Å². The molecular weight excluding hydrogens is 388 g/mol. The quantitative estimate of drug-likeness (QED) is 0.404. The van der Waals surface area contributed by atoms with Gasteiger partial charge in [-0.05, 0) is 40.2 Å². The first-order valence-corrected chi connectivity index (χ1v) is 10.2. The second-order valence-electron chi connectivity index (χ2n) is 5.99. The van der Waals surface area contributed by atoms with Crippen LogP contribution in [-0.2, 0) is 9.53 Å². The summed E-state index contributed by atoms with van der Waals surface area (Å²) in [6, 6.07) is 0.180. The second-order valence-corrected chi connectivity index (χ2v) is 7.95. The van der Waals surface area contributed by atoms with Gasteiger partial charge in [-0.1, -0.05) is 11.8 Å². The van der Waals surface area contributed by atoms with Crippen LogP contribution in [0.4, 0.5) is 5.00 Å². The summed E-state index contributed by atoms with van der Waals surface area (Å²) in [5, 5.41) is 11.6. The summed E-state index contributed by atoms with van der Waals surface area (Å²) in [7, 11) is 0. The third kappa shape index (κ3) is 4.95. The summed E-state index contributed by atoms with van der Waals surface area (Å²) in [6.45, 7) is 9.00. The first kappa shape index (κ1) is 21.1. The van der Waals surface area contributed by atoms with Crippen LogP contribution in [0.5, 0.6) is 0 Å². The van der Waals surface area contributed by atoms with Gasteiger partial charge in [-0.2, -0.15) is 0 Å². The Morgan fingerprint density at radius 2 is 2.07 bits per heavy atom. The van der Waals surface area contributed by atoms with Crippen LogP contribution in [0.15, 0.2) is 11.5 Å². The number of ketones is 1. The number of Topliss-reactive ketones (excluding diaryl/α,β-unsaturated/α-hetero) is 1. The average molecular weight is 411 g/mol. The number of aromatic nitrogens is 3. The Morgan fingerprint density at radius 1 is 1.37 bits per heavy atom. The fraction of sp³-hybridized carbons (Fsp3) is 0.471. The first-order valence-electron chi connectivity index (χ1n) is 8.39. The van der Waals surface area contributed by atoms with Gasteiger partial charge in [-0.3, -0.25) is 9.59 Å². The van der Waals surface area contributed by atoms with Crippen LogP contribution in [0.1, 0.15) is 59.3 Å². The highest BCUT2D eigenvalue weighted by atomic mass is 32.2. The summed E-state index contributed by atoms with van der Waals surface area (Å²) >= 11 is 2.33. The molecule has 1 N–H and O–H groups in total. The molecule has 2 heterocycles. The molecule has 0 aliphatic heterocycles. The van der Waals surface area contributed by atoms with Crippen LogP contribution in [0.3, 0.4) is 0 Å². The molecule has 0 aliphatic rings. The monoisotopic (exact) mass is 410 g/mol. The Hall–Kier alpha value is -2.20. The summed E-state index contributed by atoms with van der Waals surface area (Å²) < 4.78 is 6.93. The number of carbonyl (C=O) groups is 3. The number of ether oxygens (including phenoxy) is 1. The summed E-state index contributed by atoms with van der Waals surface area (Å²) in [6.07, 6.45) is 1.62. The molecule has 0 spiro atoms. The molecule has 0 atom stereocenters. The van der Waals surface area contributed by atoms with Crippen molar-refractivity contribution in [1.82, 2.24) is 14.8 Å². The average Bonchev–Trinajstić information content (AvgIpc) is 3.17. The minimum atomic E-state index is -0.554. The van der Waals surface area contributed by atoms with E-state index >= 15 is 0 Å². The summed E-state index contributed by atoms with van der Waals surface area (Å²) in [5.41, 5.74) is 0.754. The van der Waals surface area contributed by atoms with Gasteiger partial charge in [-0.25, -0.2) is 4.79 Å². The molecule has 27 heavy (non-hydrogen) atoms. The molecule has 2 aromatic rings. The minimum absolute atomic E-state index is 0.0973. The summed E-state index contributed by atoms with van der Waals surface area (Å²) in [5.74, 6) is -0.926. The van der Waals surface area contributed by atoms with Crippen molar-refractivity contribution >= 4 is 45.8 Å². The zero-order valence-corrected chi connectivity index (χ0v) is 17.5. The molecule has 0 radical (unpaired) electrons. The molecule has 1 amide bonds. The molecule has 10 heteroatoms. The highest BCUT2D eigenvalue weighted by Gasteiger charge is 2.25. The number of nitrogens with one attached hydrogen (secondary N) is 1. The Kier molecular flexibility index (Phi) is 7.14. The lowest BCUT2D eigenvalue weighted by molar-refractivity contribution is -0.113. The van der Waals surface area contributed by atoms with Crippen molar-refractivity contribution in [1.29, 1.82) is 0 Å². The van der Waals surface area contributed by atoms with Crippen LogP contribution in [-0.4, -0.2) is 44.8 Å². The van der Waals surface area contributed by atoms with Crippen molar-refractivity contribution in [3.63, 3.8) is 0 Å². The van der Waals surface area contributed by atoms with Crippen molar-refractivity contribution in [2.45, 2.75) is 45.8 Å². The second kappa shape index (κ2) is 9.14. The van der Waals surface area contributed by atoms with Crippen molar-refractivity contribution < 1.29 is 19.1 Å². The lowest BCUT2D eigenvalue weighted by Crippen LogP contribution is -2.17. The van der Waals surface area contributed by atoms with Crippen LogP contribution in [0, 0.1) is 6.92 Å². The van der Waals surface area contributed by atoms with Crippen LogP contribution >= 0.6 is 23.1 Å². The standard InChI is InChI=1S/C17H22N4O4S2/c1-6-25-16(24)13-10(4)14(11(5)22)27-15(13)19-12(23)7-26-17-20-18-8-21(17)9(2)3/h8-9H,6-7H2,1-5H3,(H,19,23). The Labute approximate surface area is 165 Å². The molecule has 2 rings (SSSR count). The van der Waals surface area contributed by atoms with Crippen LogP contribution in [0.2, 0.25) is 0 Å². The van der Waals surface area contributed by atoms with Gasteiger partial charge in [0.15, 0.2) is 10.9 Å². The normalized spacial score (nSPS) is 10.9. The lowest BCUT2D eigenvalue weighted by Gasteiger charge is -2.09. The molecule has 0 unspecified atom stereocenters. The third-order valence-electron chi connectivity index (χ3n) is 3.63. The van der Waals surface area contributed by atoms with E-state index in [0.29, 0.717) is 20.6 Å². The van der Waals surface area contributed by atoms with E-state index < -0.39 is 5.97 Å². The maximum absolute atomic E-state index is 12.4. The van der Waals surface area contributed by atoms with E-state index in [-0.39, 0.29) is 35.7 Å². The van der Waals surface area contributed by atoms with Gasteiger partial charge in [-0.15, -0.1) is 21.5 Å². The fourth-order valence-electron chi connectivity index (χ4n) is 2.37. The first-order chi connectivity index (χ1) is 12.8. The molecule has 0 saturated heterocycles. The van der Waals surface area contributed by atoms with E-state index in [0.717, 1.165) is 11.3 Å². The molecule has 0 fully saturated rings. The van der Waals surface area contributed by atoms with E-state index in [4.69, 9.17) is 4.74 Å². The third-order valence-corrected chi connectivity index (χ3v) is 5.89. The highest BCUT2D eigenvalue weighted by molar-refractivity contribution is 7.99. The number of carbonyl (C=O) groups excluding carboxylic acids is 3. The number of hydrogen-bond donors (Lipinski definition) is 1. The number of esters is 1. The van der Waals surface area contributed by atoms with E-state index in [1.165, 1.54) is 18.7 Å². The van der Waals surface area contributed by atoms with Gasteiger partial charge >= 0.3 is 5.97 Å². The maximum atomic E-state index is 12.4. The molecule has 0 aliphatic carbocycles. The van der Waals surface area contributed by atoms with Gasteiger partial charge in [0.25, 0.3) is 0 Å².